The zero-order chi connectivity index (χ0) is 13.4. The van der Waals surface area contributed by atoms with Crippen molar-refractivity contribution in [2.24, 2.45) is 0 Å². The number of rotatable bonds is 2. The third-order valence-corrected chi connectivity index (χ3v) is 4.44. The topological polar surface area (TPSA) is 54.7 Å². The number of nitrogens with one attached hydrogen (secondary N) is 1. The molecule has 1 aromatic carbocycles. The Bertz CT molecular complexity index is 691. The highest BCUT2D eigenvalue weighted by Crippen LogP contribution is 2.38. The lowest BCUT2D eigenvalue weighted by atomic mass is 10.0. The van der Waals surface area contributed by atoms with Gasteiger partial charge in [-0.05, 0) is 31.0 Å². The number of aromatic amines is 1. The molecule has 2 heterocycles. The van der Waals surface area contributed by atoms with Gasteiger partial charge in [-0.25, -0.2) is 0 Å². The van der Waals surface area contributed by atoms with E-state index in [-0.39, 0.29) is 0 Å². The van der Waals surface area contributed by atoms with Crippen molar-refractivity contribution >= 4 is 17.2 Å². The molecule has 3 nitrogen and oxygen atoms in total. The van der Waals surface area contributed by atoms with Crippen LogP contribution in [0.5, 0.6) is 0 Å². The van der Waals surface area contributed by atoms with Crippen molar-refractivity contribution in [1.82, 2.24) is 10.2 Å². The second-order valence-electron chi connectivity index (χ2n) is 4.57. The molecular formula is C15H15N3S. The molecule has 0 unspecified atom stereocenters. The van der Waals surface area contributed by atoms with Gasteiger partial charge in [-0.3, -0.25) is 5.10 Å². The summed E-state index contributed by atoms with van der Waals surface area (Å²) in [5.41, 5.74) is 10.4. The molecule has 3 N–H and O–H groups in total. The molecule has 0 saturated heterocycles. The molecule has 3 rings (SSSR count). The van der Waals surface area contributed by atoms with Crippen molar-refractivity contribution in [2.75, 3.05) is 5.73 Å². The zero-order valence-corrected chi connectivity index (χ0v) is 11.7. The van der Waals surface area contributed by atoms with Crippen molar-refractivity contribution in [3.05, 3.63) is 46.8 Å². The molecule has 0 aliphatic heterocycles. The first kappa shape index (κ1) is 12.0. The van der Waals surface area contributed by atoms with Gasteiger partial charge in [0.25, 0.3) is 0 Å². The van der Waals surface area contributed by atoms with Crippen LogP contribution >= 0.6 is 11.3 Å². The Balaban J connectivity index is 2.19. The number of nitrogens with two attached hydrogens (primary N) is 1. The van der Waals surface area contributed by atoms with E-state index in [1.54, 1.807) is 11.3 Å². The summed E-state index contributed by atoms with van der Waals surface area (Å²) in [7, 11) is 0. The standard InChI is InChI=1S/C15H15N3S/c1-9-8-12(19-10(9)2)14-13(15(16)18-17-14)11-6-4-3-5-7-11/h3-8H,1-2H3,(H3,16,17,18). The van der Waals surface area contributed by atoms with Crippen LogP contribution in [-0.4, -0.2) is 10.2 Å². The van der Waals surface area contributed by atoms with Crippen LogP contribution in [0.1, 0.15) is 10.4 Å². The van der Waals surface area contributed by atoms with E-state index in [0.29, 0.717) is 5.82 Å². The van der Waals surface area contributed by atoms with Gasteiger partial charge in [-0.15, -0.1) is 11.3 Å². The van der Waals surface area contributed by atoms with Crippen molar-refractivity contribution in [2.45, 2.75) is 13.8 Å². The number of aryl methyl sites for hydroxylation is 2. The zero-order valence-electron chi connectivity index (χ0n) is 10.9. The number of nitrogens with zero attached hydrogens (tertiary/aromatic N) is 1. The van der Waals surface area contributed by atoms with Gasteiger partial charge >= 0.3 is 0 Å². The molecule has 4 heteroatoms. The van der Waals surface area contributed by atoms with Crippen LogP contribution in [-0.2, 0) is 0 Å². The minimum atomic E-state index is 0.546. The number of thiophene rings is 1. The average Bonchev–Trinajstić information content (AvgIpc) is 2.95. The largest absolute Gasteiger partial charge is 0.382 e. The van der Waals surface area contributed by atoms with Crippen LogP contribution in [0, 0.1) is 13.8 Å². The van der Waals surface area contributed by atoms with Crippen molar-refractivity contribution in [3.63, 3.8) is 0 Å². The summed E-state index contributed by atoms with van der Waals surface area (Å²) in [4.78, 5) is 2.50. The van der Waals surface area contributed by atoms with Crippen molar-refractivity contribution < 1.29 is 0 Å². The first-order valence-electron chi connectivity index (χ1n) is 6.13. The van der Waals surface area contributed by atoms with Crippen LogP contribution in [0.15, 0.2) is 36.4 Å². The summed E-state index contributed by atoms with van der Waals surface area (Å²) >= 11 is 1.76. The first-order valence-corrected chi connectivity index (χ1v) is 6.95. The van der Waals surface area contributed by atoms with Gasteiger partial charge in [0.15, 0.2) is 5.82 Å². The summed E-state index contributed by atoms with van der Waals surface area (Å²) < 4.78 is 0. The van der Waals surface area contributed by atoms with Gasteiger partial charge in [0, 0.05) is 4.88 Å². The molecule has 0 fully saturated rings. The quantitative estimate of drug-likeness (QED) is 0.738. The normalized spacial score (nSPS) is 10.8. The molecule has 0 atom stereocenters. The highest BCUT2D eigenvalue weighted by atomic mass is 32.1. The fourth-order valence-electron chi connectivity index (χ4n) is 2.13. The number of aromatic nitrogens is 2. The Morgan fingerprint density at radius 2 is 1.89 bits per heavy atom. The summed E-state index contributed by atoms with van der Waals surface area (Å²) in [5, 5.41) is 7.23. The molecule has 96 valence electrons. The van der Waals surface area contributed by atoms with E-state index >= 15 is 0 Å². The highest BCUT2D eigenvalue weighted by Gasteiger charge is 2.16. The van der Waals surface area contributed by atoms with Gasteiger partial charge in [0.2, 0.25) is 0 Å². The van der Waals surface area contributed by atoms with Crippen molar-refractivity contribution in [3.8, 4) is 21.7 Å². The van der Waals surface area contributed by atoms with Crippen LogP contribution in [0.2, 0.25) is 0 Å². The molecule has 3 aromatic rings. The second kappa shape index (κ2) is 4.55. The predicted octanol–water partition coefficient (Wildman–Crippen LogP) is 4.00. The third kappa shape index (κ3) is 2.04. The summed E-state index contributed by atoms with van der Waals surface area (Å²) in [6.07, 6.45) is 0. The molecule has 0 aliphatic rings. The van der Waals surface area contributed by atoms with Gasteiger partial charge in [0.1, 0.15) is 0 Å². The van der Waals surface area contributed by atoms with Gasteiger partial charge in [-0.2, -0.15) is 5.10 Å². The molecule has 2 aromatic heterocycles. The Labute approximate surface area is 116 Å². The Kier molecular flexibility index (Phi) is 2.87. The molecule has 0 bridgehead atoms. The van der Waals surface area contributed by atoms with E-state index in [2.05, 4.69) is 42.2 Å². The number of anilines is 1. The highest BCUT2D eigenvalue weighted by molar-refractivity contribution is 7.15. The van der Waals surface area contributed by atoms with Crippen LogP contribution < -0.4 is 5.73 Å². The predicted molar refractivity (Wildman–Crippen MR) is 81.2 cm³/mol. The number of benzene rings is 1. The van der Waals surface area contributed by atoms with E-state index in [1.165, 1.54) is 15.3 Å². The lowest BCUT2D eigenvalue weighted by Crippen LogP contribution is -1.87. The van der Waals surface area contributed by atoms with E-state index < -0.39 is 0 Å². The number of hydrogen-bond acceptors (Lipinski definition) is 3. The van der Waals surface area contributed by atoms with E-state index in [9.17, 15) is 0 Å². The molecule has 0 saturated carbocycles. The Hall–Kier alpha value is -2.07. The van der Waals surface area contributed by atoms with E-state index in [1.807, 2.05) is 18.2 Å². The first-order chi connectivity index (χ1) is 9.16. The molecule has 0 amide bonds. The Morgan fingerprint density at radius 1 is 1.16 bits per heavy atom. The summed E-state index contributed by atoms with van der Waals surface area (Å²) in [6.45, 7) is 4.25. The third-order valence-electron chi connectivity index (χ3n) is 3.27. The summed E-state index contributed by atoms with van der Waals surface area (Å²) in [5.74, 6) is 0.546. The molecule has 0 radical (unpaired) electrons. The molecule has 0 aliphatic carbocycles. The summed E-state index contributed by atoms with van der Waals surface area (Å²) in [6, 6.07) is 12.3. The smallest absolute Gasteiger partial charge is 0.153 e. The Morgan fingerprint density at radius 3 is 2.53 bits per heavy atom. The number of hydrogen-bond donors (Lipinski definition) is 2. The molecule has 19 heavy (non-hydrogen) atoms. The van der Waals surface area contributed by atoms with E-state index in [0.717, 1.165) is 16.8 Å². The minimum absolute atomic E-state index is 0.546. The molecule has 0 spiro atoms. The van der Waals surface area contributed by atoms with Crippen LogP contribution in [0.3, 0.4) is 0 Å². The number of nitrogen functional groups attached to an aromatic ring is 1. The lowest BCUT2D eigenvalue weighted by Gasteiger charge is -2.02. The second-order valence-corrected chi connectivity index (χ2v) is 5.83. The lowest BCUT2D eigenvalue weighted by molar-refractivity contribution is 1.11. The SMILES string of the molecule is Cc1cc(-c2[nH]nc(N)c2-c2ccccc2)sc1C. The van der Waals surface area contributed by atoms with Crippen LogP contribution in [0.25, 0.3) is 21.7 Å². The maximum atomic E-state index is 6.02. The fraction of sp³-hybridized carbons (Fsp3) is 0.133. The minimum Gasteiger partial charge on any atom is -0.382 e. The maximum Gasteiger partial charge on any atom is 0.153 e. The average molecular weight is 269 g/mol. The van der Waals surface area contributed by atoms with Gasteiger partial charge in [-0.1, -0.05) is 30.3 Å². The van der Waals surface area contributed by atoms with Crippen molar-refractivity contribution in [1.29, 1.82) is 0 Å². The maximum absolute atomic E-state index is 6.02. The van der Waals surface area contributed by atoms with E-state index in [4.69, 9.17) is 5.73 Å². The monoisotopic (exact) mass is 269 g/mol. The fourth-order valence-corrected chi connectivity index (χ4v) is 3.16. The number of H-pyrrole nitrogens is 1. The van der Waals surface area contributed by atoms with Gasteiger partial charge in [0.05, 0.1) is 16.1 Å². The van der Waals surface area contributed by atoms with Gasteiger partial charge < -0.3 is 5.73 Å². The molecular weight excluding hydrogens is 254 g/mol. The van der Waals surface area contributed by atoms with Crippen LogP contribution in [0.4, 0.5) is 5.82 Å².